The van der Waals surface area contributed by atoms with Crippen LogP contribution in [0.15, 0.2) is 75.7 Å². The van der Waals surface area contributed by atoms with Crippen molar-refractivity contribution in [3.8, 4) is 16.9 Å². The van der Waals surface area contributed by atoms with Crippen LogP contribution in [0, 0.1) is 0 Å². The van der Waals surface area contributed by atoms with E-state index in [0.29, 0.717) is 21.4 Å². The molecule has 4 rings (SSSR count). The van der Waals surface area contributed by atoms with E-state index in [2.05, 4.69) is 15.7 Å². The molecule has 0 aliphatic heterocycles. The molecule has 0 bridgehead atoms. The van der Waals surface area contributed by atoms with Crippen LogP contribution in [-0.2, 0) is 10.0 Å². The summed E-state index contributed by atoms with van der Waals surface area (Å²) in [6, 6.07) is 17.3. The summed E-state index contributed by atoms with van der Waals surface area (Å²) in [5.41, 5.74) is 3.11. The molecule has 170 valence electrons. The molecule has 0 radical (unpaired) electrons. The number of amides is 2. The van der Waals surface area contributed by atoms with Crippen LogP contribution in [0.1, 0.15) is 0 Å². The lowest BCUT2D eigenvalue weighted by Crippen LogP contribution is -2.33. The van der Waals surface area contributed by atoms with Crippen LogP contribution in [-0.4, -0.2) is 31.3 Å². The fraction of sp³-hybridized carbons (Fsp3) is 0.0476. The van der Waals surface area contributed by atoms with E-state index >= 15 is 0 Å². The first kappa shape index (κ1) is 22.6. The van der Waals surface area contributed by atoms with Crippen molar-refractivity contribution in [3.63, 3.8) is 0 Å². The number of sulfonamides is 1. The normalized spacial score (nSPS) is 11.2. The number of rotatable bonds is 6. The summed E-state index contributed by atoms with van der Waals surface area (Å²) >= 11 is 6.60. The number of halogens is 1. The summed E-state index contributed by atoms with van der Waals surface area (Å²) in [4.78, 5) is 24.6. The Balaban J connectivity index is 1.46. The number of carbonyl (C=O) groups is 1. The van der Waals surface area contributed by atoms with Crippen LogP contribution in [0.2, 0.25) is 4.34 Å². The highest BCUT2D eigenvalue weighted by Gasteiger charge is 2.20. The van der Waals surface area contributed by atoms with Crippen molar-refractivity contribution in [2.75, 3.05) is 17.7 Å². The number of thiophene rings is 1. The Morgan fingerprint density at radius 3 is 2.27 bits per heavy atom. The SMILES string of the molecule is CNc1ccc(-c2cc(=O)n(-c3ccc(NC(=O)NS(=O)(=O)c4ccc(Cl)s4)cc3)[nH]2)cc1. The molecular weight excluding hydrogens is 486 g/mol. The van der Waals surface area contributed by atoms with Gasteiger partial charge in [0.2, 0.25) is 0 Å². The molecule has 12 heteroatoms. The minimum absolute atomic E-state index is 0.0690. The predicted octanol–water partition coefficient (Wildman–Crippen LogP) is 4.10. The molecular formula is C21H18ClN5O4S2. The Kier molecular flexibility index (Phi) is 6.27. The summed E-state index contributed by atoms with van der Waals surface area (Å²) in [6.07, 6.45) is 0. The van der Waals surface area contributed by atoms with Gasteiger partial charge in [0.1, 0.15) is 4.21 Å². The van der Waals surface area contributed by atoms with Crippen molar-refractivity contribution in [2.24, 2.45) is 0 Å². The molecule has 33 heavy (non-hydrogen) atoms. The molecule has 0 unspecified atom stereocenters. The third-order valence-electron chi connectivity index (χ3n) is 4.63. The molecule has 2 heterocycles. The lowest BCUT2D eigenvalue weighted by molar-refractivity contribution is 0.256. The number of hydrogen-bond donors (Lipinski definition) is 4. The fourth-order valence-electron chi connectivity index (χ4n) is 3.02. The van der Waals surface area contributed by atoms with Crippen LogP contribution < -0.4 is 20.9 Å². The number of carbonyl (C=O) groups excluding carboxylic acids is 1. The van der Waals surface area contributed by atoms with E-state index in [1.54, 1.807) is 24.3 Å². The minimum Gasteiger partial charge on any atom is -0.388 e. The molecule has 0 fully saturated rings. The molecule has 9 nitrogen and oxygen atoms in total. The van der Waals surface area contributed by atoms with Crippen LogP contribution >= 0.6 is 22.9 Å². The first-order valence-corrected chi connectivity index (χ1v) is 12.2. The second-order valence-electron chi connectivity index (χ2n) is 6.84. The molecule has 2 aromatic carbocycles. The van der Waals surface area contributed by atoms with Gasteiger partial charge in [0.05, 0.1) is 15.7 Å². The van der Waals surface area contributed by atoms with E-state index in [1.807, 2.05) is 36.0 Å². The van der Waals surface area contributed by atoms with Gasteiger partial charge in [0.15, 0.2) is 0 Å². The first-order valence-electron chi connectivity index (χ1n) is 9.55. The molecule has 0 aliphatic carbocycles. The topological polar surface area (TPSA) is 125 Å². The van der Waals surface area contributed by atoms with Crippen molar-refractivity contribution >= 4 is 50.4 Å². The number of anilines is 2. The third kappa shape index (κ3) is 5.11. The highest BCUT2D eigenvalue weighted by atomic mass is 35.5. The molecule has 4 N–H and O–H groups in total. The number of aromatic amines is 1. The number of nitrogens with one attached hydrogen (secondary N) is 4. The summed E-state index contributed by atoms with van der Waals surface area (Å²) in [5, 5.41) is 8.55. The van der Waals surface area contributed by atoms with Gasteiger partial charge in [0.25, 0.3) is 15.6 Å². The summed E-state index contributed by atoms with van der Waals surface area (Å²) in [6.45, 7) is 0. The lowest BCUT2D eigenvalue weighted by Gasteiger charge is -2.08. The van der Waals surface area contributed by atoms with Gasteiger partial charge in [-0.15, -0.1) is 11.3 Å². The Morgan fingerprint density at radius 2 is 1.67 bits per heavy atom. The van der Waals surface area contributed by atoms with Gasteiger partial charge < -0.3 is 10.6 Å². The third-order valence-corrected chi connectivity index (χ3v) is 7.68. The van der Waals surface area contributed by atoms with E-state index in [9.17, 15) is 18.0 Å². The lowest BCUT2D eigenvalue weighted by atomic mass is 10.1. The quantitative estimate of drug-likeness (QED) is 0.315. The monoisotopic (exact) mass is 503 g/mol. The van der Waals surface area contributed by atoms with E-state index in [0.717, 1.165) is 22.6 Å². The van der Waals surface area contributed by atoms with Gasteiger partial charge >= 0.3 is 6.03 Å². The number of hydrogen-bond acceptors (Lipinski definition) is 6. The maximum Gasteiger partial charge on any atom is 0.333 e. The molecule has 2 amide bonds. The van der Waals surface area contributed by atoms with Gasteiger partial charge in [-0.25, -0.2) is 22.6 Å². The van der Waals surface area contributed by atoms with Crippen LogP contribution in [0.4, 0.5) is 16.2 Å². The molecule has 0 saturated heterocycles. The van der Waals surface area contributed by atoms with Crippen LogP contribution in [0.5, 0.6) is 0 Å². The maximum absolute atomic E-state index is 12.5. The van der Waals surface area contributed by atoms with E-state index < -0.39 is 16.1 Å². The van der Waals surface area contributed by atoms with Crippen molar-refractivity contribution in [1.82, 2.24) is 14.5 Å². The second-order valence-corrected chi connectivity index (χ2v) is 10.5. The molecule has 0 aliphatic rings. The summed E-state index contributed by atoms with van der Waals surface area (Å²) < 4.78 is 27.9. The first-order chi connectivity index (χ1) is 15.7. The second kappa shape index (κ2) is 9.14. The number of H-pyrrole nitrogens is 1. The van der Waals surface area contributed by atoms with Crippen molar-refractivity contribution < 1.29 is 13.2 Å². The Labute approximate surface area is 198 Å². The van der Waals surface area contributed by atoms with Crippen molar-refractivity contribution in [2.45, 2.75) is 4.21 Å². The standard InChI is InChI=1S/C21H18ClN5O4S2/c1-23-14-4-2-13(3-5-14)17-12-19(28)27(25-17)16-8-6-15(7-9-16)24-21(29)26-33(30,31)20-11-10-18(22)32-20/h2-12,23,25H,1H3,(H2,24,26,29). The van der Waals surface area contributed by atoms with E-state index in [4.69, 9.17) is 11.6 Å². The van der Waals surface area contributed by atoms with Crippen LogP contribution in [0.25, 0.3) is 16.9 Å². The van der Waals surface area contributed by atoms with Gasteiger partial charge in [-0.05, 0) is 54.1 Å². The number of urea groups is 1. The van der Waals surface area contributed by atoms with Gasteiger partial charge in [-0.2, -0.15) is 0 Å². The minimum atomic E-state index is -4.03. The average molecular weight is 504 g/mol. The molecule has 0 spiro atoms. The van der Waals surface area contributed by atoms with Crippen molar-refractivity contribution in [1.29, 1.82) is 0 Å². The summed E-state index contributed by atoms with van der Waals surface area (Å²) in [7, 11) is -2.20. The molecule has 4 aromatic rings. The maximum atomic E-state index is 12.5. The molecule has 2 aromatic heterocycles. The van der Waals surface area contributed by atoms with Crippen molar-refractivity contribution in [3.05, 3.63) is 81.4 Å². The Bertz CT molecular complexity index is 1460. The predicted molar refractivity (Wildman–Crippen MR) is 130 cm³/mol. The van der Waals surface area contributed by atoms with Crippen LogP contribution in [0.3, 0.4) is 0 Å². The van der Waals surface area contributed by atoms with Gasteiger partial charge in [0, 0.05) is 24.5 Å². The number of benzene rings is 2. The van der Waals surface area contributed by atoms with E-state index in [-0.39, 0.29) is 9.77 Å². The Hall–Kier alpha value is -3.54. The average Bonchev–Trinajstić information content (AvgIpc) is 3.40. The highest BCUT2D eigenvalue weighted by Crippen LogP contribution is 2.25. The smallest absolute Gasteiger partial charge is 0.333 e. The molecule has 0 saturated carbocycles. The summed E-state index contributed by atoms with van der Waals surface area (Å²) in [5.74, 6) is 0. The largest absolute Gasteiger partial charge is 0.388 e. The van der Waals surface area contributed by atoms with Gasteiger partial charge in [-0.3, -0.25) is 9.89 Å². The zero-order valence-electron chi connectivity index (χ0n) is 17.1. The number of aromatic nitrogens is 2. The fourth-order valence-corrected chi connectivity index (χ4v) is 5.41. The Morgan fingerprint density at radius 1 is 1.00 bits per heavy atom. The number of nitrogens with zero attached hydrogens (tertiary/aromatic N) is 1. The van der Waals surface area contributed by atoms with Gasteiger partial charge in [-0.1, -0.05) is 23.7 Å². The zero-order valence-corrected chi connectivity index (χ0v) is 19.5. The highest BCUT2D eigenvalue weighted by molar-refractivity contribution is 7.92. The molecule has 0 atom stereocenters. The van der Waals surface area contributed by atoms with E-state index in [1.165, 1.54) is 22.9 Å². The zero-order chi connectivity index (χ0) is 23.6.